The third-order valence-corrected chi connectivity index (χ3v) is 3.95. The highest BCUT2D eigenvalue weighted by atomic mass is 35.5. The van der Waals surface area contributed by atoms with Crippen LogP contribution in [0.3, 0.4) is 0 Å². The predicted molar refractivity (Wildman–Crippen MR) is 86.9 cm³/mol. The van der Waals surface area contributed by atoms with E-state index < -0.39 is 12.2 Å². The number of hydrogen-bond donors (Lipinski definition) is 1. The fourth-order valence-electron chi connectivity index (χ4n) is 2.33. The van der Waals surface area contributed by atoms with Crippen LogP contribution in [-0.2, 0) is 11.3 Å². The Kier molecular flexibility index (Phi) is 4.69. The minimum Gasteiger partial charge on any atom is -0.489 e. The minimum absolute atomic E-state index is 0.179. The molecule has 1 fully saturated rings. The summed E-state index contributed by atoms with van der Waals surface area (Å²) in [4.78, 5) is 13.2. The monoisotopic (exact) mass is 333 g/mol. The number of aliphatic hydroxyl groups is 1. The second kappa shape index (κ2) is 6.89. The van der Waals surface area contributed by atoms with Gasteiger partial charge < -0.3 is 14.6 Å². The molecule has 0 saturated carbocycles. The molecule has 1 unspecified atom stereocenters. The Morgan fingerprint density at radius 2 is 1.96 bits per heavy atom. The van der Waals surface area contributed by atoms with E-state index in [2.05, 4.69) is 0 Å². The molecular weight excluding hydrogens is 318 g/mol. The van der Waals surface area contributed by atoms with E-state index in [9.17, 15) is 4.79 Å². The number of anilines is 1. The Hall–Kier alpha value is -2.24. The summed E-state index contributed by atoms with van der Waals surface area (Å²) in [5, 5.41) is 9.72. The van der Waals surface area contributed by atoms with Crippen molar-refractivity contribution >= 4 is 23.4 Å². The number of nitrogens with zero attached hydrogens (tertiary/aromatic N) is 1. The highest BCUT2D eigenvalue weighted by molar-refractivity contribution is 6.31. The van der Waals surface area contributed by atoms with Crippen molar-refractivity contribution in [3.63, 3.8) is 0 Å². The summed E-state index contributed by atoms with van der Waals surface area (Å²) < 4.78 is 10.7. The molecule has 1 saturated heterocycles. The number of aliphatic hydroxyl groups excluding tert-OH is 1. The molecule has 23 heavy (non-hydrogen) atoms. The Morgan fingerprint density at radius 3 is 2.61 bits per heavy atom. The van der Waals surface area contributed by atoms with Gasteiger partial charge in [-0.25, -0.2) is 4.79 Å². The molecular formula is C17H16ClNO4. The summed E-state index contributed by atoms with van der Waals surface area (Å²) in [5.74, 6) is 0.681. The molecule has 1 aliphatic heterocycles. The zero-order valence-electron chi connectivity index (χ0n) is 12.3. The number of hydrogen-bond acceptors (Lipinski definition) is 4. The molecule has 0 aromatic heterocycles. The van der Waals surface area contributed by atoms with Crippen LogP contribution in [0, 0.1) is 0 Å². The van der Waals surface area contributed by atoms with Crippen LogP contribution >= 0.6 is 11.6 Å². The Balaban J connectivity index is 1.64. The van der Waals surface area contributed by atoms with Crippen LogP contribution in [0.2, 0.25) is 5.02 Å². The second-order valence-corrected chi connectivity index (χ2v) is 5.58. The summed E-state index contributed by atoms with van der Waals surface area (Å²) in [5.41, 5.74) is 1.61. The van der Waals surface area contributed by atoms with Crippen molar-refractivity contribution < 1.29 is 19.4 Å². The van der Waals surface area contributed by atoms with Crippen molar-refractivity contribution in [3.8, 4) is 5.75 Å². The molecule has 120 valence electrons. The third-order valence-electron chi connectivity index (χ3n) is 3.58. The highest BCUT2D eigenvalue weighted by Crippen LogP contribution is 2.25. The molecule has 0 spiro atoms. The van der Waals surface area contributed by atoms with Crippen LogP contribution in [0.15, 0.2) is 48.5 Å². The van der Waals surface area contributed by atoms with Crippen LogP contribution in [0.4, 0.5) is 10.5 Å². The number of halogens is 1. The van der Waals surface area contributed by atoms with Crippen molar-refractivity contribution in [2.75, 3.05) is 18.1 Å². The fourth-order valence-corrected chi connectivity index (χ4v) is 2.52. The van der Waals surface area contributed by atoms with E-state index in [-0.39, 0.29) is 6.61 Å². The average Bonchev–Trinajstić information content (AvgIpc) is 2.96. The Morgan fingerprint density at radius 1 is 1.22 bits per heavy atom. The van der Waals surface area contributed by atoms with Gasteiger partial charge in [0.1, 0.15) is 18.5 Å². The average molecular weight is 334 g/mol. The van der Waals surface area contributed by atoms with E-state index in [1.807, 2.05) is 24.3 Å². The van der Waals surface area contributed by atoms with Gasteiger partial charge in [0.05, 0.1) is 13.2 Å². The molecule has 0 radical (unpaired) electrons. The van der Waals surface area contributed by atoms with Crippen LogP contribution < -0.4 is 9.64 Å². The molecule has 1 amide bonds. The number of cyclic esters (lactones) is 1. The number of ether oxygens (including phenoxy) is 2. The quantitative estimate of drug-likeness (QED) is 0.912. The molecule has 1 atom stereocenters. The molecule has 2 aromatic carbocycles. The first-order valence-corrected chi connectivity index (χ1v) is 7.60. The van der Waals surface area contributed by atoms with Gasteiger partial charge in [-0.3, -0.25) is 4.90 Å². The lowest BCUT2D eigenvalue weighted by Gasteiger charge is -2.14. The van der Waals surface area contributed by atoms with Crippen LogP contribution in [0.25, 0.3) is 0 Å². The van der Waals surface area contributed by atoms with Gasteiger partial charge in [0, 0.05) is 16.3 Å². The van der Waals surface area contributed by atoms with Crippen LogP contribution in [-0.4, -0.2) is 30.5 Å². The van der Waals surface area contributed by atoms with E-state index >= 15 is 0 Å². The molecule has 1 heterocycles. The maximum atomic E-state index is 11.7. The minimum atomic E-state index is -0.473. The van der Waals surface area contributed by atoms with E-state index in [1.54, 1.807) is 24.3 Å². The third kappa shape index (κ3) is 3.57. The van der Waals surface area contributed by atoms with Gasteiger partial charge >= 0.3 is 6.09 Å². The summed E-state index contributed by atoms with van der Waals surface area (Å²) in [6.45, 7) is 0.536. The molecule has 2 aromatic rings. The van der Waals surface area contributed by atoms with Gasteiger partial charge in [0.25, 0.3) is 0 Å². The fraction of sp³-hybridized carbons (Fsp3) is 0.235. The smallest absolute Gasteiger partial charge is 0.414 e. The van der Waals surface area contributed by atoms with Gasteiger partial charge in [0.15, 0.2) is 0 Å². The zero-order valence-corrected chi connectivity index (χ0v) is 13.1. The lowest BCUT2D eigenvalue weighted by molar-refractivity contribution is 0.0963. The van der Waals surface area contributed by atoms with E-state index in [0.29, 0.717) is 29.6 Å². The maximum absolute atomic E-state index is 11.7. The standard InChI is InChI=1S/C17H16ClNO4/c18-16-4-2-1-3-12(16)11-22-14-7-5-13(6-8-14)19-9-15(10-20)23-17(19)21/h1-8,15,20H,9-11H2. The SMILES string of the molecule is O=C1OC(CO)CN1c1ccc(OCc2ccccc2Cl)cc1. The molecule has 0 aliphatic carbocycles. The molecule has 0 bridgehead atoms. The Labute approximate surface area is 139 Å². The maximum Gasteiger partial charge on any atom is 0.414 e. The van der Waals surface area contributed by atoms with Crippen molar-refractivity contribution in [1.82, 2.24) is 0 Å². The summed E-state index contributed by atoms with van der Waals surface area (Å²) >= 11 is 6.09. The number of carbonyl (C=O) groups is 1. The summed E-state index contributed by atoms with van der Waals surface area (Å²) in [6, 6.07) is 14.6. The number of amides is 1. The predicted octanol–water partition coefficient (Wildman–Crippen LogP) is 3.24. The normalized spacial score (nSPS) is 17.2. The number of carbonyl (C=O) groups excluding carboxylic acids is 1. The highest BCUT2D eigenvalue weighted by Gasteiger charge is 2.31. The molecule has 3 rings (SSSR count). The van der Waals surface area contributed by atoms with Crippen molar-refractivity contribution in [3.05, 3.63) is 59.1 Å². The van der Waals surface area contributed by atoms with Gasteiger partial charge in [-0.2, -0.15) is 0 Å². The van der Waals surface area contributed by atoms with Crippen molar-refractivity contribution in [1.29, 1.82) is 0 Å². The van der Waals surface area contributed by atoms with Gasteiger partial charge in [-0.1, -0.05) is 29.8 Å². The Bertz CT molecular complexity index is 689. The van der Waals surface area contributed by atoms with Crippen molar-refractivity contribution in [2.24, 2.45) is 0 Å². The lowest BCUT2D eigenvalue weighted by atomic mass is 10.2. The van der Waals surface area contributed by atoms with E-state index in [1.165, 1.54) is 4.90 Å². The van der Waals surface area contributed by atoms with Crippen molar-refractivity contribution in [2.45, 2.75) is 12.7 Å². The van der Waals surface area contributed by atoms with Gasteiger partial charge in [0.2, 0.25) is 0 Å². The zero-order chi connectivity index (χ0) is 16.2. The topological polar surface area (TPSA) is 59.0 Å². The number of benzene rings is 2. The molecule has 5 nitrogen and oxygen atoms in total. The first-order chi connectivity index (χ1) is 11.2. The van der Waals surface area contributed by atoms with Crippen LogP contribution in [0.1, 0.15) is 5.56 Å². The molecule has 1 N–H and O–H groups in total. The largest absolute Gasteiger partial charge is 0.489 e. The number of rotatable bonds is 5. The summed E-state index contributed by atoms with van der Waals surface area (Å²) in [7, 11) is 0. The van der Waals surface area contributed by atoms with Gasteiger partial charge in [-0.15, -0.1) is 0 Å². The van der Waals surface area contributed by atoms with E-state index in [4.69, 9.17) is 26.2 Å². The van der Waals surface area contributed by atoms with E-state index in [0.717, 1.165) is 5.56 Å². The van der Waals surface area contributed by atoms with Crippen LogP contribution in [0.5, 0.6) is 5.75 Å². The first kappa shape index (κ1) is 15.6. The molecule has 1 aliphatic rings. The molecule has 6 heteroatoms. The summed E-state index contributed by atoms with van der Waals surface area (Å²) in [6.07, 6.45) is -0.924. The lowest BCUT2D eigenvalue weighted by Crippen LogP contribution is -2.25. The first-order valence-electron chi connectivity index (χ1n) is 7.22. The second-order valence-electron chi connectivity index (χ2n) is 5.17. The van der Waals surface area contributed by atoms with Gasteiger partial charge in [-0.05, 0) is 30.3 Å².